The topological polar surface area (TPSA) is 27.7 Å². The van der Waals surface area contributed by atoms with Gasteiger partial charge in [0.05, 0.1) is 6.61 Å². The summed E-state index contributed by atoms with van der Waals surface area (Å²) in [6, 6.07) is 0.756. The van der Waals surface area contributed by atoms with Gasteiger partial charge in [-0.3, -0.25) is 0 Å². The minimum Gasteiger partial charge on any atom is -0.383 e. The Morgan fingerprint density at radius 2 is 1.81 bits per heavy atom. The van der Waals surface area contributed by atoms with Crippen LogP contribution in [0.25, 0.3) is 0 Å². The van der Waals surface area contributed by atoms with Crippen LogP contribution in [0.2, 0.25) is 6.04 Å². The van der Waals surface area contributed by atoms with Gasteiger partial charge in [0.2, 0.25) is 0 Å². The van der Waals surface area contributed by atoms with Gasteiger partial charge >= 0.3 is 7.87 Å². The lowest BCUT2D eigenvalue weighted by molar-refractivity contribution is 0.150. The molecule has 5 heteroatoms. The lowest BCUT2D eigenvalue weighted by Crippen LogP contribution is -2.36. The Morgan fingerprint density at radius 1 is 1.25 bits per heavy atom. The van der Waals surface area contributed by atoms with Crippen LogP contribution in [0.15, 0.2) is 12.2 Å². The van der Waals surface area contributed by atoms with E-state index >= 15 is 0 Å². The summed E-state index contributed by atoms with van der Waals surface area (Å²) in [6.07, 6.45) is 0.864. The molecule has 0 fully saturated rings. The van der Waals surface area contributed by atoms with Crippen molar-refractivity contribution in [2.45, 2.75) is 33.2 Å². The first-order chi connectivity index (χ1) is 7.54. The Labute approximate surface area is 105 Å². The average Bonchev–Trinajstić information content (AvgIpc) is 2.17. The van der Waals surface area contributed by atoms with Crippen molar-refractivity contribution in [3.8, 4) is 0 Å². The van der Waals surface area contributed by atoms with Gasteiger partial charge in [0.25, 0.3) is 0 Å². The zero-order chi connectivity index (χ0) is 12.4. The summed E-state index contributed by atoms with van der Waals surface area (Å²) in [7, 11) is -2.46. The molecular weight excluding hydrogens is 244 g/mol. The van der Waals surface area contributed by atoms with E-state index in [9.17, 15) is 0 Å². The molecule has 0 aromatic rings. The molecule has 0 saturated heterocycles. The average molecular weight is 267 g/mol. The van der Waals surface area contributed by atoms with Gasteiger partial charge in [-0.2, -0.15) is 0 Å². The molecule has 3 nitrogen and oxygen atoms in total. The number of hydrogen-bond acceptors (Lipinski definition) is 3. The van der Waals surface area contributed by atoms with Crippen LogP contribution >= 0.6 is 11.1 Å². The van der Waals surface area contributed by atoms with E-state index in [-0.39, 0.29) is 0 Å². The molecule has 0 N–H and O–H groups in total. The van der Waals surface area contributed by atoms with Gasteiger partial charge in [0.1, 0.15) is 0 Å². The Hall–Kier alpha value is 0.127. The van der Waals surface area contributed by atoms with Crippen LogP contribution in [0.5, 0.6) is 0 Å². The first-order valence-corrected chi connectivity index (χ1v) is 8.76. The van der Waals surface area contributed by atoms with Crippen LogP contribution in [-0.2, 0) is 13.6 Å². The highest BCUT2D eigenvalue weighted by molar-refractivity contribution is 7.12. The molecule has 0 heterocycles. The number of halogens is 1. The van der Waals surface area contributed by atoms with Gasteiger partial charge in [-0.15, -0.1) is 0 Å². The van der Waals surface area contributed by atoms with Crippen molar-refractivity contribution >= 4 is 18.9 Å². The fraction of sp³-hybridized carbons (Fsp3) is 0.818. The molecule has 0 radical (unpaired) electrons. The first kappa shape index (κ1) is 16.1. The summed E-state index contributed by atoms with van der Waals surface area (Å²) in [5, 5.41) is 0. The van der Waals surface area contributed by atoms with Crippen molar-refractivity contribution in [2.24, 2.45) is 0 Å². The minimum absolute atomic E-state index is 0.600. The monoisotopic (exact) mass is 266 g/mol. The van der Waals surface area contributed by atoms with Crippen molar-refractivity contribution in [3.05, 3.63) is 12.2 Å². The van der Waals surface area contributed by atoms with Crippen molar-refractivity contribution in [3.63, 3.8) is 0 Å². The quantitative estimate of drug-likeness (QED) is 0.263. The second kappa shape index (κ2) is 9.19. The third-order valence-corrected chi connectivity index (χ3v) is 5.44. The predicted octanol–water partition coefficient (Wildman–Crippen LogP) is 3.22. The van der Waals surface area contributed by atoms with Crippen molar-refractivity contribution < 1.29 is 13.6 Å². The highest BCUT2D eigenvalue weighted by Gasteiger charge is 2.34. The second-order valence-electron chi connectivity index (χ2n) is 3.64. The molecule has 0 amide bonds. The van der Waals surface area contributed by atoms with Crippen molar-refractivity contribution in [2.75, 3.05) is 26.4 Å². The molecule has 0 spiro atoms. The summed E-state index contributed by atoms with van der Waals surface area (Å²) >= 11 is 6.30. The molecule has 0 rings (SSSR count). The van der Waals surface area contributed by atoms with Crippen molar-refractivity contribution in [1.29, 1.82) is 0 Å². The Morgan fingerprint density at radius 3 is 2.25 bits per heavy atom. The van der Waals surface area contributed by atoms with Crippen molar-refractivity contribution in [1.82, 2.24) is 0 Å². The molecule has 0 aliphatic heterocycles. The Balaban J connectivity index is 3.71. The highest BCUT2D eigenvalue weighted by Crippen LogP contribution is 2.20. The summed E-state index contributed by atoms with van der Waals surface area (Å²) in [5.74, 6) is 0. The van der Waals surface area contributed by atoms with Crippen LogP contribution in [0, 0.1) is 0 Å². The molecule has 0 unspecified atom stereocenters. The second-order valence-corrected chi connectivity index (χ2v) is 7.76. The molecule has 0 aromatic carbocycles. The maximum Gasteiger partial charge on any atom is 0.443 e. The predicted molar refractivity (Wildman–Crippen MR) is 69.9 cm³/mol. The van der Waals surface area contributed by atoms with E-state index in [4.69, 9.17) is 24.7 Å². The molecule has 16 heavy (non-hydrogen) atoms. The maximum atomic E-state index is 6.30. The Kier molecular flexibility index (Phi) is 9.26. The maximum absolute atomic E-state index is 6.30. The van der Waals surface area contributed by atoms with Gasteiger partial charge in [0.15, 0.2) is 0 Å². The largest absolute Gasteiger partial charge is 0.443 e. The normalized spacial score (nSPS) is 11.8. The molecule has 0 bridgehead atoms. The molecular formula is C11H23ClO3Si. The van der Waals surface area contributed by atoms with Gasteiger partial charge < -0.3 is 13.6 Å². The number of hydrogen-bond donors (Lipinski definition) is 0. The van der Waals surface area contributed by atoms with Crippen LogP contribution in [-0.4, -0.2) is 34.3 Å². The fourth-order valence-corrected chi connectivity index (χ4v) is 4.11. The van der Waals surface area contributed by atoms with E-state index in [2.05, 4.69) is 6.58 Å². The SMILES string of the molecule is C=C(C)COCCC[Si](Cl)(OCC)OCC. The molecule has 0 aliphatic carbocycles. The highest BCUT2D eigenvalue weighted by atomic mass is 35.6. The van der Waals surface area contributed by atoms with Crippen LogP contribution in [0.3, 0.4) is 0 Å². The van der Waals surface area contributed by atoms with Crippen LogP contribution in [0.1, 0.15) is 27.2 Å². The Bertz CT molecular complexity index is 194. The van der Waals surface area contributed by atoms with E-state index < -0.39 is 7.87 Å². The van der Waals surface area contributed by atoms with E-state index in [1.165, 1.54) is 0 Å². The number of rotatable bonds is 10. The van der Waals surface area contributed by atoms with E-state index in [0.29, 0.717) is 26.4 Å². The van der Waals surface area contributed by atoms with Crippen LogP contribution < -0.4 is 0 Å². The minimum atomic E-state index is -2.46. The van der Waals surface area contributed by atoms with Gasteiger partial charge in [0, 0.05) is 25.9 Å². The molecule has 0 aliphatic rings. The third-order valence-electron chi connectivity index (χ3n) is 1.83. The summed E-state index contributed by atoms with van der Waals surface area (Å²) in [4.78, 5) is 0. The first-order valence-electron chi connectivity index (χ1n) is 5.73. The number of ether oxygens (including phenoxy) is 1. The molecule has 0 aromatic heterocycles. The zero-order valence-corrected chi connectivity index (χ0v) is 12.3. The summed E-state index contributed by atoms with van der Waals surface area (Å²) < 4.78 is 16.4. The molecule has 96 valence electrons. The smallest absolute Gasteiger partial charge is 0.383 e. The van der Waals surface area contributed by atoms with Gasteiger partial charge in [-0.25, -0.2) is 0 Å². The van der Waals surface area contributed by atoms with E-state index in [1.807, 2.05) is 20.8 Å². The lowest BCUT2D eigenvalue weighted by atomic mass is 10.4. The summed E-state index contributed by atoms with van der Waals surface area (Å²) in [6.45, 7) is 12.1. The third kappa shape index (κ3) is 8.30. The van der Waals surface area contributed by atoms with Gasteiger partial charge in [-0.1, -0.05) is 23.2 Å². The fourth-order valence-electron chi connectivity index (χ4n) is 1.25. The van der Waals surface area contributed by atoms with Crippen LogP contribution in [0.4, 0.5) is 0 Å². The van der Waals surface area contributed by atoms with Gasteiger partial charge in [-0.05, 0) is 27.2 Å². The molecule has 0 saturated carbocycles. The standard InChI is InChI=1S/C11H23ClO3Si/c1-5-14-16(12,15-6-2)9-7-8-13-10-11(3)4/h3,5-10H2,1-2,4H3. The van der Waals surface area contributed by atoms with E-state index in [0.717, 1.165) is 18.0 Å². The summed E-state index contributed by atoms with van der Waals surface area (Å²) in [5.41, 5.74) is 1.03. The zero-order valence-electron chi connectivity index (χ0n) is 10.6. The molecule has 0 atom stereocenters. The van der Waals surface area contributed by atoms with E-state index in [1.54, 1.807) is 0 Å². The lowest BCUT2D eigenvalue weighted by Gasteiger charge is -2.22.